The zero-order chi connectivity index (χ0) is 14.8. The van der Waals surface area contributed by atoms with Crippen molar-refractivity contribution in [2.24, 2.45) is 0 Å². The number of aliphatic hydroxyl groups is 2. The number of rotatable bonds is 4. The normalized spacial score (nSPS) is 30.4. The Morgan fingerprint density at radius 2 is 2.25 bits per heavy atom. The highest BCUT2D eigenvalue weighted by Crippen LogP contribution is 2.39. The molecule has 4 nitrogen and oxygen atoms in total. The van der Waals surface area contributed by atoms with Crippen molar-refractivity contribution in [3.63, 3.8) is 0 Å². The van der Waals surface area contributed by atoms with Gasteiger partial charge in [-0.25, -0.2) is 4.39 Å². The van der Waals surface area contributed by atoms with Crippen molar-refractivity contribution < 1.29 is 24.1 Å². The van der Waals surface area contributed by atoms with E-state index in [0.717, 1.165) is 5.56 Å². The number of alkyl halides is 1. The Morgan fingerprint density at radius 3 is 2.85 bits per heavy atom. The molecule has 1 aliphatic rings. The fourth-order valence-electron chi connectivity index (χ4n) is 2.66. The molecule has 2 N–H and O–H groups in total. The highest BCUT2D eigenvalue weighted by atomic mass is 19.1. The van der Waals surface area contributed by atoms with Gasteiger partial charge in [0.15, 0.2) is 5.79 Å². The maximum atomic E-state index is 13.0. The molecule has 1 heterocycles. The van der Waals surface area contributed by atoms with Gasteiger partial charge in [0, 0.05) is 25.5 Å². The van der Waals surface area contributed by atoms with Crippen LogP contribution in [-0.4, -0.2) is 36.1 Å². The SMILES string of the molecule is COC1(c2ccc(C)c(CF)c2)CC(O)CC(CO)O1. The maximum absolute atomic E-state index is 13.0. The molecule has 0 bridgehead atoms. The highest BCUT2D eigenvalue weighted by molar-refractivity contribution is 5.33. The van der Waals surface area contributed by atoms with Crippen molar-refractivity contribution in [1.29, 1.82) is 0 Å². The van der Waals surface area contributed by atoms with E-state index >= 15 is 0 Å². The second kappa shape index (κ2) is 6.18. The minimum absolute atomic E-state index is 0.190. The number of halogens is 1. The Morgan fingerprint density at radius 1 is 1.50 bits per heavy atom. The summed E-state index contributed by atoms with van der Waals surface area (Å²) in [4.78, 5) is 0. The molecule has 2 rings (SSSR count). The van der Waals surface area contributed by atoms with Crippen LogP contribution >= 0.6 is 0 Å². The van der Waals surface area contributed by atoms with Crippen molar-refractivity contribution in [2.45, 2.75) is 44.4 Å². The van der Waals surface area contributed by atoms with Crippen molar-refractivity contribution in [1.82, 2.24) is 0 Å². The third-order valence-corrected chi connectivity index (χ3v) is 3.86. The molecule has 0 aliphatic carbocycles. The van der Waals surface area contributed by atoms with Crippen molar-refractivity contribution >= 4 is 0 Å². The predicted molar refractivity (Wildman–Crippen MR) is 71.9 cm³/mol. The number of aliphatic hydroxyl groups excluding tert-OH is 2. The van der Waals surface area contributed by atoms with Crippen molar-refractivity contribution in [2.75, 3.05) is 13.7 Å². The highest BCUT2D eigenvalue weighted by Gasteiger charge is 2.43. The summed E-state index contributed by atoms with van der Waals surface area (Å²) in [6.07, 6.45) is -0.497. The molecule has 1 aliphatic heterocycles. The van der Waals surface area contributed by atoms with E-state index in [1.165, 1.54) is 7.11 Å². The first-order chi connectivity index (χ1) is 9.54. The summed E-state index contributed by atoms with van der Waals surface area (Å²) in [7, 11) is 1.49. The number of aryl methyl sites for hydroxylation is 1. The lowest BCUT2D eigenvalue weighted by Gasteiger charge is -2.42. The number of ether oxygens (including phenoxy) is 2. The fraction of sp³-hybridized carbons (Fsp3) is 0.600. The molecule has 0 aromatic heterocycles. The van der Waals surface area contributed by atoms with Crippen LogP contribution in [0.1, 0.15) is 29.5 Å². The molecule has 3 unspecified atom stereocenters. The Labute approximate surface area is 118 Å². The minimum Gasteiger partial charge on any atom is -0.394 e. The van der Waals surface area contributed by atoms with Crippen LogP contribution in [0.4, 0.5) is 4.39 Å². The molecule has 20 heavy (non-hydrogen) atoms. The van der Waals surface area contributed by atoms with E-state index in [9.17, 15) is 14.6 Å². The molecule has 1 fully saturated rings. The van der Waals surface area contributed by atoms with Gasteiger partial charge in [-0.2, -0.15) is 0 Å². The zero-order valence-corrected chi connectivity index (χ0v) is 11.8. The van der Waals surface area contributed by atoms with E-state index in [1.807, 2.05) is 19.1 Å². The van der Waals surface area contributed by atoms with Crippen LogP contribution in [0.25, 0.3) is 0 Å². The first-order valence-electron chi connectivity index (χ1n) is 6.72. The Hall–Kier alpha value is -1.01. The van der Waals surface area contributed by atoms with Crippen LogP contribution in [0.2, 0.25) is 0 Å². The molecule has 112 valence electrons. The van der Waals surface area contributed by atoms with E-state index in [-0.39, 0.29) is 13.0 Å². The van der Waals surface area contributed by atoms with Gasteiger partial charge in [-0.3, -0.25) is 0 Å². The van der Waals surface area contributed by atoms with Crippen molar-refractivity contribution in [3.05, 3.63) is 34.9 Å². The molecular weight excluding hydrogens is 263 g/mol. The van der Waals surface area contributed by atoms with Gasteiger partial charge in [0.1, 0.15) is 6.67 Å². The molecule has 1 saturated heterocycles. The Kier molecular flexibility index (Phi) is 4.75. The lowest BCUT2D eigenvalue weighted by Crippen LogP contribution is -2.46. The van der Waals surface area contributed by atoms with Crippen LogP contribution < -0.4 is 0 Å². The summed E-state index contributed by atoms with van der Waals surface area (Å²) in [5, 5.41) is 19.3. The molecule has 5 heteroatoms. The van der Waals surface area contributed by atoms with Gasteiger partial charge in [-0.15, -0.1) is 0 Å². The average molecular weight is 284 g/mol. The molecule has 0 saturated carbocycles. The molecule has 1 aromatic carbocycles. The van der Waals surface area contributed by atoms with Gasteiger partial charge in [-0.05, 0) is 24.1 Å². The monoisotopic (exact) mass is 284 g/mol. The summed E-state index contributed by atoms with van der Waals surface area (Å²) in [6, 6.07) is 5.32. The second-order valence-corrected chi connectivity index (χ2v) is 5.25. The molecule has 0 amide bonds. The summed E-state index contributed by atoms with van der Waals surface area (Å²) in [5.41, 5.74) is 2.09. The number of hydrogen-bond acceptors (Lipinski definition) is 4. The third-order valence-electron chi connectivity index (χ3n) is 3.86. The number of benzene rings is 1. The second-order valence-electron chi connectivity index (χ2n) is 5.25. The zero-order valence-electron chi connectivity index (χ0n) is 11.8. The van der Waals surface area contributed by atoms with Crippen molar-refractivity contribution in [3.8, 4) is 0 Å². The van der Waals surface area contributed by atoms with E-state index in [4.69, 9.17) is 9.47 Å². The molecule has 1 aromatic rings. The van der Waals surface area contributed by atoms with Crippen LogP contribution in [-0.2, 0) is 21.9 Å². The Bertz CT molecular complexity index is 465. The predicted octanol–water partition coefficient (Wildman–Crippen LogP) is 1.80. The fourth-order valence-corrected chi connectivity index (χ4v) is 2.66. The lowest BCUT2D eigenvalue weighted by atomic mass is 9.91. The topological polar surface area (TPSA) is 58.9 Å². The summed E-state index contributed by atoms with van der Waals surface area (Å²) in [5.74, 6) is -1.14. The molecule has 0 spiro atoms. The van der Waals surface area contributed by atoms with Gasteiger partial charge >= 0.3 is 0 Å². The summed E-state index contributed by atoms with van der Waals surface area (Å²) in [6.45, 7) is 1.08. The maximum Gasteiger partial charge on any atom is 0.197 e. The number of hydrogen-bond donors (Lipinski definition) is 2. The molecule has 3 atom stereocenters. The first kappa shape index (κ1) is 15.4. The van der Waals surface area contributed by atoms with Gasteiger partial charge in [0.2, 0.25) is 0 Å². The smallest absolute Gasteiger partial charge is 0.197 e. The van der Waals surface area contributed by atoms with Crippen LogP contribution in [0.5, 0.6) is 0 Å². The van der Waals surface area contributed by atoms with Crippen LogP contribution in [0.3, 0.4) is 0 Å². The van der Waals surface area contributed by atoms with E-state index in [1.54, 1.807) is 6.07 Å². The quantitative estimate of drug-likeness (QED) is 0.885. The molecular formula is C15H21FO4. The average Bonchev–Trinajstić information content (AvgIpc) is 2.46. The summed E-state index contributed by atoms with van der Waals surface area (Å²) < 4.78 is 24.3. The molecule has 0 radical (unpaired) electrons. The first-order valence-corrected chi connectivity index (χ1v) is 6.72. The van der Waals surface area contributed by atoms with Gasteiger partial charge in [-0.1, -0.05) is 12.1 Å². The largest absolute Gasteiger partial charge is 0.394 e. The minimum atomic E-state index is -1.14. The Balaban J connectivity index is 2.39. The standard InChI is InChI=1S/C15H21FO4/c1-10-3-4-12(5-11(10)8-16)15(19-2)7-13(18)6-14(9-17)20-15/h3-5,13-14,17-18H,6-9H2,1-2H3. The van der Waals surface area contributed by atoms with Crippen LogP contribution in [0, 0.1) is 6.92 Å². The van der Waals surface area contributed by atoms with E-state index in [2.05, 4.69) is 0 Å². The van der Waals surface area contributed by atoms with Gasteiger partial charge < -0.3 is 19.7 Å². The van der Waals surface area contributed by atoms with Gasteiger partial charge in [0.25, 0.3) is 0 Å². The van der Waals surface area contributed by atoms with Gasteiger partial charge in [0.05, 0.1) is 18.8 Å². The summed E-state index contributed by atoms with van der Waals surface area (Å²) >= 11 is 0. The number of methoxy groups -OCH3 is 1. The van der Waals surface area contributed by atoms with E-state index in [0.29, 0.717) is 17.5 Å². The third kappa shape index (κ3) is 2.86. The lowest BCUT2D eigenvalue weighted by molar-refractivity contribution is -0.298. The van der Waals surface area contributed by atoms with Crippen LogP contribution in [0.15, 0.2) is 18.2 Å². The van der Waals surface area contributed by atoms with E-state index < -0.39 is 24.7 Å².